The van der Waals surface area contributed by atoms with Crippen molar-refractivity contribution in [3.8, 4) is 56.2 Å². The number of aromatic nitrogens is 2. The average molecular weight is 675 g/mol. The van der Waals surface area contributed by atoms with Crippen LogP contribution in [0.5, 0.6) is 0 Å². The fraction of sp³-hybridized carbons (Fsp3) is 0.0196. The van der Waals surface area contributed by atoms with Crippen LogP contribution in [0.3, 0.4) is 0 Å². The van der Waals surface area contributed by atoms with Gasteiger partial charge in [0, 0.05) is 16.7 Å². The molecule has 2 heteroatoms. The summed E-state index contributed by atoms with van der Waals surface area (Å²) in [5.41, 5.74) is 14.6. The van der Waals surface area contributed by atoms with E-state index < -0.39 is 5.41 Å². The molecule has 0 radical (unpaired) electrons. The number of hydrogen-bond donors (Lipinski definition) is 0. The Bertz CT molecular complexity index is 2660. The van der Waals surface area contributed by atoms with Crippen molar-refractivity contribution in [3.05, 3.63) is 229 Å². The minimum absolute atomic E-state index is 0.418. The summed E-state index contributed by atoms with van der Waals surface area (Å²) in [6.45, 7) is 0. The third kappa shape index (κ3) is 5.03. The Hall–Kier alpha value is -6.90. The Kier molecular flexibility index (Phi) is 7.40. The van der Waals surface area contributed by atoms with Gasteiger partial charge in [-0.05, 0) is 67.4 Å². The SMILES string of the molecule is c1ccc(-c2cc(-c3ccc(-c4ccc5c(c4)-c4ccccc4C5(c4ccccc4)c4ccccc4)c4ccccc34)nc(-c3ccccc3)n2)cc1. The summed E-state index contributed by atoms with van der Waals surface area (Å²) in [6, 6.07) is 74.0. The van der Waals surface area contributed by atoms with Crippen LogP contribution in [0.2, 0.25) is 0 Å². The van der Waals surface area contributed by atoms with E-state index in [9.17, 15) is 0 Å². The molecule has 8 aromatic carbocycles. The zero-order valence-corrected chi connectivity index (χ0v) is 29.0. The van der Waals surface area contributed by atoms with Gasteiger partial charge in [0.05, 0.1) is 16.8 Å². The topological polar surface area (TPSA) is 25.8 Å². The Morgan fingerprint density at radius 3 is 1.49 bits per heavy atom. The van der Waals surface area contributed by atoms with Gasteiger partial charge in [0.25, 0.3) is 0 Å². The molecule has 1 aromatic heterocycles. The van der Waals surface area contributed by atoms with Crippen LogP contribution < -0.4 is 0 Å². The molecular formula is C51H34N2. The van der Waals surface area contributed by atoms with Gasteiger partial charge in [0.15, 0.2) is 5.82 Å². The number of hydrogen-bond acceptors (Lipinski definition) is 2. The van der Waals surface area contributed by atoms with Gasteiger partial charge >= 0.3 is 0 Å². The van der Waals surface area contributed by atoms with Crippen molar-refractivity contribution < 1.29 is 0 Å². The Morgan fingerprint density at radius 1 is 0.302 bits per heavy atom. The molecule has 1 aliphatic rings. The predicted molar refractivity (Wildman–Crippen MR) is 219 cm³/mol. The maximum absolute atomic E-state index is 5.19. The summed E-state index contributed by atoms with van der Waals surface area (Å²) < 4.78 is 0. The lowest BCUT2D eigenvalue weighted by molar-refractivity contribution is 0.768. The van der Waals surface area contributed by atoms with Crippen molar-refractivity contribution in [1.82, 2.24) is 9.97 Å². The zero-order valence-electron chi connectivity index (χ0n) is 29.0. The zero-order chi connectivity index (χ0) is 35.2. The van der Waals surface area contributed by atoms with Crippen LogP contribution in [0, 0.1) is 0 Å². The molecule has 0 N–H and O–H groups in total. The lowest BCUT2D eigenvalue weighted by atomic mass is 9.67. The molecule has 2 nitrogen and oxygen atoms in total. The van der Waals surface area contributed by atoms with Gasteiger partial charge in [-0.15, -0.1) is 0 Å². The molecule has 9 aromatic rings. The number of rotatable bonds is 6. The first-order valence-corrected chi connectivity index (χ1v) is 18.2. The molecule has 0 fully saturated rings. The van der Waals surface area contributed by atoms with Gasteiger partial charge in [0.2, 0.25) is 0 Å². The van der Waals surface area contributed by atoms with E-state index in [4.69, 9.17) is 9.97 Å². The largest absolute Gasteiger partial charge is 0.228 e. The molecule has 0 atom stereocenters. The van der Waals surface area contributed by atoms with E-state index in [1.54, 1.807) is 0 Å². The summed E-state index contributed by atoms with van der Waals surface area (Å²) in [5.74, 6) is 0.715. The lowest BCUT2D eigenvalue weighted by Gasteiger charge is -2.33. The summed E-state index contributed by atoms with van der Waals surface area (Å²) >= 11 is 0. The van der Waals surface area contributed by atoms with Gasteiger partial charge in [-0.25, -0.2) is 9.97 Å². The van der Waals surface area contributed by atoms with Crippen LogP contribution in [-0.4, -0.2) is 9.97 Å². The van der Waals surface area contributed by atoms with Crippen molar-refractivity contribution in [3.63, 3.8) is 0 Å². The van der Waals surface area contributed by atoms with E-state index in [0.717, 1.165) is 33.5 Å². The highest BCUT2D eigenvalue weighted by molar-refractivity contribution is 6.05. The van der Waals surface area contributed by atoms with Crippen molar-refractivity contribution >= 4 is 10.8 Å². The second-order valence-corrected chi connectivity index (χ2v) is 13.7. The molecule has 10 rings (SSSR count). The molecule has 1 heterocycles. The Balaban J connectivity index is 1.16. The van der Waals surface area contributed by atoms with Crippen LogP contribution in [-0.2, 0) is 5.41 Å². The summed E-state index contributed by atoms with van der Waals surface area (Å²) in [5, 5.41) is 2.35. The fourth-order valence-corrected chi connectivity index (χ4v) is 8.45. The molecule has 0 aliphatic heterocycles. The van der Waals surface area contributed by atoms with Crippen LogP contribution in [0.4, 0.5) is 0 Å². The molecule has 0 amide bonds. The average Bonchev–Trinajstić information content (AvgIpc) is 3.55. The first-order chi connectivity index (χ1) is 26.3. The maximum atomic E-state index is 5.19. The monoisotopic (exact) mass is 674 g/mol. The van der Waals surface area contributed by atoms with E-state index in [2.05, 4.69) is 182 Å². The fourth-order valence-electron chi connectivity index (χ4n) is 8.45. The standard InChI is InChI=1S/C51H34N2/c1-5-17-35(18-6-1)48-34-49(53-50(52-48)36-19-7-2-8-20-36)44-31-30-40(41-25-13-14-26-42(41)44)37-29-32-47-45(33-37)43-27-15-16-28-46(43)51(47,38-21-9-3-10-22-38)39-23-11-4-12-24-39/h1-34H. The molecule has 0 bridgehead atoms. The van der Waals surface area contributed by atoms with E-state index in [1.165, 1.54) is 49.9 Å². The van der Waals surface area contributed by atoms with Crippen molar-refractivity contribution in [2.45, 2.75) is 5.41 Å². The second-order valence-electron chi connectivity index (χ2n) is 13.7. The highest BCUT2D eigenvalue weighted by atomic mass is 14.9. The minimum Gasteiger partial charge on any atom is -0.228 e. The van der Waals surface area contributed by atoms with Crippen molar-refractivity contribution in [2.24, 2.45) is 0 Å². The Morgan fingerprint density at radius 2 is 0.811 bits per heavy atom. The molecule has 0 spiro atoms. The summed E-state index contributed by atoms with van der Waals surface area (Å²) in [7, 11) is 0. The maximum Gasteiger partial charge on any atom is 0.160 e. The van der Waals surface area contributed by atoms with E-state index in [1.807, 2.05) is 24.3 Å². The van der Waals surface area contributed by atoms with Crippen molar-refractivity contribution in [2.75, 3.05) is 0 Å². The van der Waals surface area contributed by atoms with Gasteiger partial charge in [0.1, 0.15) is 0 Å². The molecule has 0 saturated heterocycles. The molecule has 0 unspecified atom stereocenters. The smallest absolute Gasteiger partial charge is 0.160 e. The van der Waals surface area contributed by atoms with Gasteiger partial charge in [-0.3, -0.25) is 0 Å². The predicted octanol–water partition coefficient (Wildman–Crippen LogP) is 12.7. The molecule has 53 heavy (non-hydrogen) atoms. The van der Waals surface area contributed by atoms with Crippen LogP contribution in [0.25, 0.3) is 66.9 Å². The quantitative estimate of drug-likeness (QED) is 0.175. The highest BCUT2D eigenvalue weighted by Crippen LogP contribution is 2.56. The molecule has 0 saturated carbocycles. The normalized spacial score (nSPS) is 12.7. The third-order valence-corrected chi connectivity index (χ3v) is 10.8. The lowest BCUT2D eigenvalue weighted by Crippen LogP contribution is -2.28. The van der Waals surface area contributed by atoms with Crippen LogP contribution in [0.1, 0.15) is 22.3 Å². The molecule has 1 aliphatic carbocycles. The summed E-state index contributed by atoms with van der Waals surface area (Å²) in [4.78, 5) is 10.2. The van der Waals surface area contributed by atoms with Gasteiger partial charge in [-0.1, -0.05) is 194 Å². The van der Waals surface area contributed by atoms with Gasteiger partial charge < -0.3 is 0 Å². The second kappa shape index (κ2) is 12.7. The van der Waals surface area contributed by atoms with Crippen molar-refractivity contribution in [1.29, 1.82) is 0 Å². The first kappa shape index (κ1) is 30.9. The highest BCUT2D eigenvalue weighted by Gasteiger charge is 2.45. The first-order valence-electron chi connectivity index (χ1n) is 18.2. The summed E-state index contributed by atoms with van der Waals surface area (Å²) in [6.07, 6.45) is 0. The van der Waals surface area contributed by atoms with Crippen LogP contribution >= 0.6 is 0 Å². The van der Waals surface area contributed by atoms with E-state index in [-0.39, 0.29) is 0 Å². The molecule has 248 valence electrons. The number of benzene rings is 8. The minimum atomic E-state index is -0.418. The number of fused-ring (bicyclic) bond motifs is 4. The third-order valence-electron chi connectivity index (χ3n) is 10.8. The Labute approximate surface area is 309 Å². The van der Waals surface area contributed by atoms with Gasteiger partial charge in [-0.2, -0.15) is 0 Å². The van der Waals surface area contributed by atoms with Crippen LogP contribution in [0.15, 0.2) is 206 Å². The van der Waals surface area contributed by atoms with E-state index >= 15 is 0 Å². The van der Waals surface area contributed by atoms with E-state index in [0.29, 0.717) is 5.82 Å². The number of nitrogens with zero attached hydrogens (tertiary/aromatic N) is 2. The molecular weight excluding hydrogens is 641 g/mol.